The van der Waals surface area contributed by atoms with Crippen LogP contribution in [0.15, 0.2) is 18.2 Å². The van der Waals surface area contributed by atoms with E-state index < -0.39 is 11.8 Å². The normalized spacial score (nSPS) is 10.3. The zero-order chi connectivity index (χ0) is 13.5. The number of hydrogen-bond acceptors (Lipinski definition) is 3. The summed E-state index contributed by atoms with van der Waals surface area (Å²) in [4.78, 5) is 12.4. The van der Waals surface area contributed by atoms with Gasteiger partial charge >= 0.3 is 5.97 Å². The summed E-state index contributed by atoms with van der Waals surface area (Å²) in [5, 5.41) is 17.4. The molecule has 0 amide bonds. The van der Waals surface area contributed by atoms with E-state index >= 15 is 0 Å². The van der Waals surface area contributed by atoms with Gasteiger partial charge in [0.1, 0.15) is 11.9 Å². The molecule has 1 aromatic carbocycles. The molecule has 96 valence electrons. The lowest BCUT2D eigenvalue weighted by molar-refractivity contribution is -0.137. The minimum absolute atomic E-state index is 0.0155. The summed E-state index contributed by atoms with van der Waals surface area (Å²) < 4.78 is 13.1. The fourth-order valence-corrected chi connectivity index (χ4v) is 1.62. The number of rotatable bonds is 6. The lowest BCUT2D eigenvalue weighted by Gasteiger charge is -2.19. The molecule has 18 heavy (non-hydrogen) atoms. The Labute approximate surface area is 105 Å². The summed E-state index contributed by atoms with van der Waals surface area (Å²) in [7, 11) is 0. The van der Waals surface area contributed by atoms with Gasteiger partial charge in [0.25, 0.3) is 0 Å². The van der Waals surface area contributed by atoms with E-state index in [1.807, 2.05) is 11.8 Å². The van der Waals surface area contributed by atoms with Crippen LogP contribution in [-0.2, 0) is 11.3 Å². The van der Waals surface area contributed by atoms with Crippen LogP contribution in [-0.4, -0.2) is 29.1 Å². The van der Waals surface area contributed by atoms with E-state index in [0.717, 1.165) is 5.56 Å². The molecule has 0 saturated heterocycles. The van der Waals surface area contributed by atoms with Gasteiger partial charge in [-0.3, -0.25) is 9.69 Å². The van der Waals surface area contributed by atoms with Crippen LogP contribution in [0.2, 0.25) is 0 Å². The van der Waals surface area contributed by atoms with Crippen molar-refractivity contribution in [3.63, 3.8) is 0 Å². The SMILES string of the molecule is CCN(CCC(=O)O)Cc1ccc(F)c(C#N)c1. The summed E-state index contributed by atoms with van der Waals surface area (Å²) in [6.07, 6.45) is 0.0696. The van der Waals surface area contributed by atoms with E-state index in [-0.39, 0.29) is 12.0 Å². The van der Waals surface area contributed by atoms with Gasteiger partial charge in [0, 0.05) is 13.1 Å². The van der Waals surface area contributed by atoms with Crippen molar-refractivity contribution in [2.45, 2.75) is 19.9 Å². The maximum absolute atomic E-state index is 13.1. The second-order valence-corrected chi connectivity index (χ2v) is 3.94. The molecule has 0 aliphatic rings. The average molecular weight is 250 g/mol. The van der Waals surface area contributed by atoms with Gasteiger partial charge in [0.2, 0.25) is 0 Å². The Hall–Kier alpha value is -1.93. The minimum Gasteiger partial charge on any atom is -0.481 e. The number of aliphatic carboxylic acids is 1. The third-order valence-electron chi connectivity index (χ3n) is 2.65. The molecule has 0 saturated carbocycles. The number of carboxylic acids is 1. The van der Waals surface area contributed by atoms with Crippen molar-refractivity contribution < 1.29 is 14.3 Å². The Morgan fingerprint density at radius 3 is 2.83 bits per heavy atom. The zero-order valence-electron chi connectivity index (χ0n) is 10.2. The van der Waals surface area contributed by atoms with Crippen LogP contribution in [0.5, 0.6) is 0 Å². The van der Waals surface area contributed by atoms with Gasteiger partial charge in [-0.15, -0.1) is 0 Å². The first-order valence-electron chi connectivity index (χ1n) is 5.69. The van der Waals surface area contributed by atoms with E-state index in [2.05, 4.69) is 0 Å². The molecule has 1 N–H and O–H groups in total. The number of nitriles is 1. The van der Waals surface area contributed by atoms with Gasteiger partial charge in [-0.25, -0.2) is 4.39 Å². The third-order valence-corrected chi connectivity index (χ3v) is 2.65. The van der Waals surface area contributed by atoms with Crippen molar-refractivity contribution in [2.75, 3.05) is 13.1 Å². The molecule has 0 unspecified atom stereocenters. The maximum Gasteiger partial charge on any atom is 0.304 e. The number of nitrogens with zero attached hydrogens (tertiary/aromatic N) is 2. The fraction of sp³-hybridized carbons (Fsp3) is 0.385. The van der Waals surface area contributed by atoms with Crippen molar-refractivity contribution >= 4 is 5.97 Å². The number of halogens is 1. The summed E-state index contributed by atoms with van der Waals surface area (Å²) in [5.41, 5.74) is 0.821. The molecular formula is C13H15FN2O2. The number of carboxylic acid groups (broad SMARTS) is 1. The highest BCUT2D eigenvalue weighted by Crippen LogP contribution is 2.11. The maximum atomic E-state index is 13.1. The number of carbonyl (C=O) groups is 1. The summed E-state index contributed by atoms with van der Waals surface area (Å²) in [6.45, 7) is 3.58. The zero-order valence-corrected chi connectivity index (χ0v) is 10.2. The first kappa shape index (κ1) is 14.1. The van der Waals surface area contributed by atoms with Gasteiger partial charge in [-0.2, -0.15) is 5.26 Å². The lowest BCUT2D eigenvalue weighted by Crippen LogP contribution is -2.25. The molecule has 0 aromatic heterocycles. The first-order chi connectivity index (χ1) is 8.56. The third kappa shape index (κ3) is 4.15. The largest absolute Gasteiger partial charge is 0.481 e. The van der Waals surface area contributed by atoms with E-state index in [1.165, 1.54) is 12.1 Å². The molecule has 1 aromatic rings. The quantitative estimate of drug-likeness (QED) is 0.838. The summed E-state index contributed by atoms with van der Waals surface area (Å²) in [6, 6.07) is 6.16. The van der Waals surface area contributed by atoms with Gasteiger partial charge in [0.15, 0.2) is 0 Å². The lowest BCUT2D eigenvalue weighted by atomic mass is 10.1. The topological polar surface area (TPSA) is 64.3 Å². The van der Waals surface area contributed by atoms with Crippen LogP contribution in [0, 0.1) is 17.1 Å². The predicted octanol–water partition coefficient (Wildman–Crippen LogP) is 1.99. The Kier molecular flexibility index (Phi) is 5.28. The molecule has 5 heteroatoms. The smallest absolute Gasteiger partial charge is 0.304 e. The molecule has 0 atom stereocenters. The van der Waals surface area contributed by atoms with E-state index in [0.29, 0.717) is 19.6 Å². The molecular weight excluding hydrogens is 235 g/mol. The molecule has 0 heterocycles. The van der Waals surface area contributed by atoms with E-state index in [1.54, 1.807) is 12.1 Å². The average Bonchev–Trinajstić information content (AvgIpc) is 2.36. The predicted molar refractivity (Wildman–Crippen MR) is 64.3 cm³/mol. The Balaban J connectivity index is 2.70. The van der Waals surface area contributed by atoms with Crippen LogP contribution >= 0.6 is 0 Å². The van der Waals surface area contributed by atoms with Gasteiger partial charge in [-0.1, -0.05) is 13.0 Å². The molecule has 1 rings (SSSR count). The number of hydrogen-bond donors (Lipinski definition) is 1. The Bertz CT molecular complexity index is 469. The van der Waals surface area contributed by atoms with E-state index in [9.17, 15) is 9.18 Å². The van der Waals surface area contributed by atoms with Crippen molar-refractivity contribution in [1.82, 2.24) is 4.90 Å². The molecule has 0 bridgehead atoms. The van der Waals surface area contributed by atoms with Crippen molar-refractivity contribution in [3.8, 4) is 6.07 Å². The highest BCUT2D eigenvalue weighted by Gasteiger charge is 2.08. The van der Waals surface area contributed by atoms with Crippen molar-refractivity contribution in [3.05, 3.63) is 35.1 Å². The second kappa shape index (κ2) is 6.72. The highest BCUT2D eigenvalue weighted by atomic mass is 19.1. The molecule has 0 aliphatic carbocycles. The Morgan fingerprint density at radius 2 is 2.28 bits per heavy atom. The van der Waals surface area contributed by atoms with Crippen LogP contribution in [0.1, 0.15) is 24.5 Å². The van der Waals surface area contributed by atoms with Crippen LogP contribution in [0.4, 0.5) is 4.39 Å². The fourth-order valence-electron chi connectivity index (χ4n) is 1.62. The van der Waals surface area contributed by atoms with Gasteiger partial charge < -0.3 is 5.11 Å². The molecule has 4 nitrogen and oxygen atoms in total. The van der Waals surface area contributed by atoms with Crippen LogP contribution in [0.25, 0.3) is 0 Å². The number of benzene rings is 1. The van der Waals surface area contributed by atoms with Crippen LogP contribution in [0.3, 0.4) is 0 Å². The van der Waals surface area contributed by atoms with Crippen LogP contribution < -0.4 is 0 Å². The summed E-state index contributed by atoms with van der Waals surface area (Å²) >= 11 is 0. The molecule has 0 spiro atoms. The first-order valence-corrected chi connectivity index (χ1v) is 5.69. The monoisotopic (exact) mass is 250 g/mol. The standard InChI is InChI=1S/C13H15FN2O2/c1-2-16(6-5-13(17)18)9-10-3-4-12(14)11(7-10)8-15/h3-4,7H,2,5-6,9H2,1H3,(H,17,18). The Morgan fingerprint density at radius 1 is 1.56 bits per heavy atom. The molecule has 0 aliphatic heterocycles. The highest BCUT2D eigenvalue weighted by molar-refractivity contribution is 5.66. The molecule has 0 fully saturated rings. The molecule has 0 radical (unpaired) electrons. The van der Waals surface area contributed by atoms with Gasteiger partial charge in [0.05, 0.1) is 12.0 Å². The van der Waals surface area contributed by atoms with Gasteiger partial charge in [-0.05, 0) is 24.2 Å². The van der Waals surface area contributed by atoms with Crippen molar-refractivity contribution in [2.24, 2.45) is 0 Å². The summed E-state index contributed by atoms with van der Waals surface area (Å²) in [5.74, 6) is -1.37. The van der Waals surface area contributed by atoms with Crippen molar-refractivity contribution in [1.29, 1.82) is 5.26 Å². The van der Waals surface area contributed by atoms with E-state index in [4.69, 9.17) is 10.4 Å². The minimum atomic E-state index is -0.842. The second-order valence-electron chi connectivity index (χ2n) is 3.94.